The van der Waals surface area contributed by atoms with Gasteiger partial charge in [0.05, 0.1) is 17.1 Å². The normalized spacial score (nSPS) is 11.7. The maximum Gasteiger partial charge on any atom is 0.261 e. The summed E-state index contributed by atoms with van der Waals surface area (Å²) in [4.78, 5) is 12.8. The molecule has 34 heavy (non-hydrogen) atoms. The molecule has 7 heteroatoms. The first-order chi connectivity index (χ1) is 16.0. The lowest BCUT2D eigenvalue weighted by atomic mass is 9.87. The van der Waals surface area contributed by atoms with E-state index in [1.54, 1.807) is 49.4 Å². The lowest BCUT2D eigenvalue weighted by molar-refractivity contribution is 0.0947. The van der Waals surface area contributed by atoms with E-state index in [9.17, 15) is 13.2 Å². The van der Waals surface area contributed by atoms with Gasteiger partial charge in [0.15, 0.2) is 0 Å². The summed E-state index contributed by atoms with van der Waals surface area (Å²) in [6.45, 7) is 10.8. The first-order valence-electron chi connectivity index (χ1n) is 11.2. The maximum absolute atomic E-state index is 12.7. The topological polar surface area (TPSA) is 84.5 Å². The molecule has 0 radical (unpaired) electrons. The van der Waals surface area contributed by atoms with Crippen LogP contribution in [-0.2, 0) is 15.4 Å². The Morgan fingerprint density at radius 2 is 1.56 bits per heavy atom. The number of aryl methyl sites for hydroxylation is 2. The van der Waals surface area contributed by atoms with Gasteiger partial charge in [0.2, 0.25) is 0 Å². The molecule has 2 N–H and O–H groups in total. The fourth-order valence-corrected chi connectivity index (χ4v) is 4.40. The van der Waals surface area contributed by atoms with Crippen LogP contribution in [0.2, 0.25) is 0 Å². The van der Waals surface area contributed by atoms with E-state index in [0.29, 0.717) is 30.0 Å². The van der Waals surface area contributed by atoms with Gasteiger partial charge in [0.25, 0.3) is 15.9 Å². The number of hydrogen-bond acceptors (Lipinski definition) is 4. The quantitative estimate of drug-likeness (QED) is 0.434. The second kappa shape index (κ2) is 10.3. The molecule has 0 aliphatic rings. The first kappa shape index (κ1) is 25.3. The summed E-state index contributed by atoms with van der Waals surface area (Å²) < 4.78 is 33.8. The van der Waals surface area contributed by atoms with Gasteiger partial charge < -0.3 is 10.1 Å². The summed E-state index contributed by atoms with van der Waals surface area (Å²) in [5.74, 6) is 0.438. The Morgan fingerprint density at radius 1 is 0.912 bits per heavy atom. The van der Waals surface area contributed by atoms with Crippen LogP contribution >= 0.6 is 0 Å². The molecule has 0 saturated carbocycles. The van der Waals surface area contributed by atoms with Gasteiger partial charge in [-0.25, -0.2) is 8.42 Å². The second-order valence-corrected chi connectivity index (χ2v) is 11.0. The minimum Gasteiger partial charge on any atom is -0.492 e. The van der Waals surface area contributed by atoms with Crippen molar-refractivity contribution in [3.8, 4) is 5.75 Å². The van der Waals surface area contributed by atoms with Crippen molar-refractivity contribution >= 4 is 21.6 Å². The molecule has 1 amide bonds. The number of anilines is 1. The van der Waals surface area contributed by atoms with Crippen molar-refractivity contribution in [1.82, 2.24) is 5.32 Å². The number of hydrogen-bond donors (Lipinski definition) is 2. The predicted octanol–water partition coefficient (Wildman–Crippen LogP) is 5.21. The Balaban J connectivity index is 1.58. The molecule has 180 valence electrons. The van der Waals surface area contributed by atoms with Crippen LogP contribution < -0.4 is 14.8 Å². The molecule has 0 aliphatic carbocycles. The fraction of sp³-hybridized carbons (Fsp3) is 0.296. The van der Waals surface area contributed by atoms with Crippen LogP contribution in [-0.4, -0.2) is 27.5 Å². The summed E-state index contributed by atoms with van der Waals surface area (Å²) in [5, 5.41) is 2.81. The molecule has 0 bridgehead atoms. The third-order valence-corrected chi connectivity index (χ3v) is 6.83. The minimum atomic E-state index is -3.76. The third-order valence-electron chi connectivity index (χ3n) is 5.45. The van der Waals surface area contributed by atoms with Gasteiger partial charge >= 0.3 is 0 Å². The average molecular weight is 481 g/mol. The van der Waals surface area contributed by atoms with Gasteiger partial charge in [0.1, 0.15) is 12.4 Å². The van der Waals surface area contributed by atoms with Gasteiger partial charge in [-0.1, -0.05) is 56.7 Å². The number of rotatable bonds is 8. The Morgan fingerprint density at radius 3 is 2.18 bits per heavy atom. The number of ether oxygens (including phenoxy) is 1. The van der Waals surface area contributed by atoms with Crippen LogP contribution in [0.1, 0.15) is 47.8 Å². The SMILES string of the molecule is Cc1ccc(S(=O)(=O)Nc2cc(C(=O)NCCOc3ccc(C(C)(C)C)cc3)ccc2C)cc1. The summed E-state index contributed by atoms with van der Waals surface area (Å²) in [6.07, 6.45) is 0. The molecular weight excluding hydrogens is 448 g/mol. The highest BCUT2D eigenvalue weighted by Crippen LogP contribution is 2.24. The van der Waals surface area contributed by atoms with Crippen LogP contribution in [0.4, 0.5) is 5.69 Å². The molecule has 0 fully saturated rings. The largest absolute Gasteiger partial charge is 0.492 e. The lowest BCUT2D eigenvalue weighted by Crippen LogP contribution is -2.28. The van der Waals surface area contributed by atoms with Crippen molar-refractivity contribution in [2.75, 3.05) is 17.9 Å². The number of sulfonamides is 1. The standard InChI is InChI=1S/C27H32N2O4S/c1-19-6-14-24(15-7-19)34(31,32)29-25-18-21(9-8-20(25)2)26(30)28-16-17-33-23-12-10-22(11-13-23)27(3,4)5/h6-15,18,29H,16-17H2,1-5H3,(H,28,30). The fourth-order valence-electron chi connectivity index (χ4n) is 3.28. The highest BCUT2D eigenvalue weighted by molar-refractivity contribution is 7.92. The number of nitrogens with one attached hydrogen (secondary N) is 2. The van der Waals surface area contributed by atoms with Gasteiger partial charge in [-0.3, -0.25) is 9.52 Å². The molecule has 0 unspecified atom stereocenters. The molecule has 0 aliphatic heterocycles. The highest BCUT2D eigenvalue weighted by atomic mass is 32.2. The van der Waals surface area contributed by atoms with E-state index in [4.69, 9.17) is 4.74 Å². The van der Waals surface area contributed by atoms with Crippen molar-refractivity contribution in [3.05, 3.63) is 89.0 Å². The van der Waals surface area contributed by atoms with Crippen LogP contribution in [0.25, 0.3) is 0 Å². The Hall–Kier alpha value is -3.32. The number of carbonyl (C=O) groups is 1. The van der Waals surface area contributed by atoms with Crippen LogP contribution in [0, 0.1) is 13.8 Å². The highest BCUT2D eigenvalue weighted by Gasteiger charge is 2.17. The molecule has 0 aromatic heterocycles. The van der Waals surface area contributed by atoms with Crippen molar-refractivity contribution in [1.29, 1.82) is 0 Å². The summed E-state index contributed by atoms with van der Waals surface area (Å²) in [7, 11) is -3.76. The molecule has 3 aromatic carbocycles. The second-order valence-electron chi connectivity index (χ2n) is 9.33. The zero-order valence-electron chi connectivity index (χ0n) is 20.3. The monoisotopic (exact) mass is 480 g/mol. The third kappa shape index (κ3) is 6.60. The molecule has 6 nitrogen and oxygen atoms in total. The summed E-state index contributed by atoms with van der Waals surface area (Å²) >= 11 is 0. The van der Waals surface area contributed by atoms with Crippen molar-refractivity contribution in [2.45, 2.75) is 44.9 Å². The van der Waals surface area contributed by atoms with Crippen molar-refractivity contribution < 1.29 is 17.9 Å². The number of benzene rings is 3. The lowest BCUT2D eigenvalue weighted by Gasteiger charge is -2.19. The van der Waals surface area contributed by atoms with Gasteiger partial charge in [-0.2, -0.15) is 0 Å². The number of carbonyl (C=O) groups excluding carboxylic acids is 1. The smallest absolute Gasteiger partial charge is 0.261 e. The van der Waals surface area contributed by atoms with E-state index in [1.165, 1.54) is 5.56 Å². The van der Waals surface area contributed by atoms with Crippen LogP contribution in [0.3, 0.4) is 0 Å². The van der Waals surface area contributed by atoms with E-state index in [2.05, 4.69) is 30.8 Å². The van der Waals surface area contributed by atoms with Crippen LogP contribution in [0.15, 0.2) is 71.6 Å². The summed E-state index contributed by atoms with van der Waals surface area (Å²) in [5.41, 5.74) is 3.72. The zero-order valence-corrected chi connectivity index (χ0v) is 21.1. The van der Waals surface area contributed by atoms with Gasteiger partial charge in [0, 0.05) is 5.56 Å². The Kier molecular flexibility index (Phi) is 7.67. The van der Waals surface area contributed by atoms with E-state index < -0.39 is 10.0 Å². The van der Waals surface area contributed by atoms with E-state index >= 15 is 0 Å². The molecular formula is C27H32N2O4S. The van der Waals surface area contributed by atoms with Crippen LogP contribution in [0.5, 0.6) is 5.75 Å². The maximum atomic E-state index is 12.7. The molecule has 3 rings (SSSR count). The van der Waals surface area contributed by atoms with Gasteiger partial charge in [-0.15, -0.1) is 0 Å². The van der Waals surface area contributed by atoms with E-state index in [1.807, 2.05) is 31.2 Å². The molecule has 0 saturated heterocycles. The first-order valence-corrected chi connectivity index (χ1v) is 12.7. The average Bonchev–Trinajstić information content (AvgIpc) is 2.78. The zero-order chi connectivity index (χ0) is 24.9. The predicted molar refractivity (Wildman–Crippen MR) is 136 cm³/mol. The number of amides is 1. The summed E-state index contributed by atoms with van der Waals surface area (Å²) in [6, 6.07) is 19.5. The Labute approximate surface area is 202 Å². The molecule has 3 aromatic rings. The molecule has 0 heterocycles. The van der Waals surface area contributed by atoms with E-state index in [0.717, 1.165) is 11.3 Å². The molecule has 0 spiro atoms. The van der Waals surface area contributed by atoms with Crippen molar-refractivity contribution in [2.24, 2.45) is 0 Å². The Bertz CT molecular complexity index is 1240. The van der Waals surface area contributed by atoms with Crippen molar-refractivity contribution in [3.63, 3.8) is 0 Å². The minimum absolute atomic E-state index is 0.0771. The van der Waals surface area contributed by atoms with Gasteiger partial charge in [-0.05, 0) is 66.8 Å². The van der Waals surface area contributed by atoms with E-state index in [-0.39, 0.29) is 16.2 Å². The molecule has 0 atom stereocenters.